The minimum Gasteiger partial charge on any atom is -0.466 e. The van der Waals surface area contributed by atoms with Crippen molar-refractivity contribution >= 4 is 18.2 Å². The van der Waals surface area contributed by atoms with Crippen molar-refractivity contribution in [3.63, 3.8) is 0 Å². The molecule has 1 aliphatic rings. The molecule has 29 heavy (non-hydrogen) atoms. The second kappa shape index (κ2) is 8.79. The van der Waals surface area contributed by atoms with Crippen molar-refractivity contribution in [3.8, 4) is 11.4 Å². The predicted molar refractivity (Wildman–Crippen MR) is 116 cm³/mol. The molecule has 0 bridgehead atoms. The highest BCUT2D eigenvalue weighted by Crippen LogP contribution is 2.25. The summed E-state index contributed by atoms with van der Waals surface area (Å²) >= 11 is 5.65. The quantitative estimate of drug-likeness (QED) is 0.600. The van der Waals surface area contributed by atoms with E-state index >= 15 is 0 Å². The van der Waals surface area contributed by atoms with Gasteiger partial charge in [0.05, 0.1) is 19.7 Å². The monoisotopic (exact) mass is 417 g/mol. The summed E-state index contributed by atoms with van der Waals surface area (Å²) in [6, 6.07) is 8.56. The van der Waals surface area contributed by atoms with Gasteiger partial charge in [-0.05, 0) is 43.0 Å². The van der Waals surface area contributed by atoms with Crippen molar-refractivity contribution in [2.45, 2.75) is 52.6 Å². The molecule has 1 N–H and O–H groups in total. The van der Waals surface area contributed by atoms with Crippen LogP contribution in [0.2, 0.25) is 0 Å². The molecule has 6 nitrogen and oxygen atoms in total. The van der Waals surface area contributed by atoms with Crippen molar-refractivity contribution in [2.75, 3.05) is 19.7 Å². The zero-order valence-electron chi connectivity index (χ0n) is 18.2. The zero-order valence-corrected chi connectivity index (χ0v) is 19.0. The highest BCUT2D eigenvalue weighted by atomic mass is 32.1. The van der Waals surface area contributed by atoms with Crippen LogP contribution in [-0.4, -0.2) is 40.0 Å². The van der Waals surface area contributed by atoms with E-state index in [-0.39, 0.29) is 17.3 Å². The molecule has 1 unspecified atom stereocenters. The number of rotatable bonds is 5. The molecule has 1 saturated heterocycles. The Labute approximate surface area is 178 Å². The molecule has 7 heteroatoms. The second-order valence-corrected chi connectivity index (χ2v) is 9.31. The van der Waals surface area contributed by atoms with E-state index in [2.05, 4.69) is 45.0 Å². The minimum absolute atomic E-state index is 0.0269. The average molecular weight is 418 g/mol. The summed E-state index contributed by atoms with van der Waals surface area (Å²) in [6.07, 6.45) is 1.92. The molecule has 0 radical (unpaired) electrons. The fourth-order valence-electron chi connectivity index (χ4n) is 3.93. The number of hydrogen-bond acceptors (Lipinski definition) is 4. The van der Waals surface area contributed by atoms with Gasteiger partial charge in [0.15, 0.2) is 12.5 Å². The summed E-state index contributed by atoms with van der Waals surface area (Å²) in [5.41, 5.74) is 2.48. The Morgan fingerprint density at radius 1 is 1.31 bits per heavy atom. The summed E-state index contributed by atoms with van der Waals surface area (Å²) < 4.78 is 9.78. The maximum absolute atomic E-state index is 12.1. The van der Waals surface area contributed by atoms with E-state index in [1.807, 2.05) is 23.2 Å². The molecule has 0 spiro atoms. The van der Waals surface area contributed by atoms with Crippen LogP contribution in [0.4, 0.5) is 0 Å². The lowest BCUT2D eigenvalue weighted by molar-refractivity contribution is -0.930. The number of esters is 1. The first kappa shape index (κ1) is 21.7. The highest BCUT2D eigenvalue weighted by Gasteiger charge is 2.30. The number of benzene rings is 1. The van der Waals surface area contributed by atoms with Crippen LogP contribution >= 0.6 is 12.2 Å². The molecular weight excluding hydrogens is 384 g/mol. The van der Waals surface area contributed by atoms with Crippen LogP contribution in [0, 0.1) is 10.7 Å². The van der Waals surface area contributed by atoms with E-state index in [1.165, 1.54) is 10.5 Å². The Morgan fingerprint density at radius 3 is 2.62 bits per heavy atom. The number of quaternary nitrogens is 1. The molecule has 1 fully saturated rings. The Morgan fingerprint density at radius 2 is 2.00 bits per heavy atom. The second-order valence-electron chi connectivity index (χ2n) is 8.95. The number of piperidine rings is 1. The van der Waals surface area contributed by atoms with Gasteiger partial charge in [-0.1, -0.05) is 45.0 Å². The summed E-state index contributed by atoms with van der Waals surface area (Å²) in [6.45, 7) is 11.4. The van der Waals surface area contributed by atoms with E-state index < -0.39 is 0 Å². The van der Waals surface area contributed by atoms with Gasteiger partial charge in [0.2, 0.25) is 4.77 Å². The SMILES string of the molecule is CCOC(=O)[C@@H]1CCC[NH+](Cn2nc(-c3ccc(C(C)(C)C)cc3)n(C)c2=S)C1. The molecule has 2 aromatic rings. The van der Waals surface area contributed by atoms with Crippen LogP contribution in [-0.2, 0) is 28.7 Å². The Balaban J connectivity index is 1.77. The zero-order chi connectivity index (χ0) is 21.2. The fraction of sp³-hybridized carbons (Fsp3) is 0.591. The van der Waals surface area contributed by atoms with Crippen molar-refractivity contribution in [1.29, 1.82) is 0 Å². The van der Waals surface area contributed by atoms with Crippen molar-refractivity contribution in [1.82, 2.24) is 14.3 Å². The number of ether oxygens (including phenoxy) is 1. The third-order valence-electron chi connectivity index (χ3n) is 5.66. The fourth-order valence-corrected chi connectivity index (χ4v) is 4.12. The third kappa shape index (κ3) is 4.95. The minimum atomic E-state index is -0.0751. The lowest BCUT2D eigenvalue weighted by Crippen LogP contribution is -3.13. The van der Waals surface area contributed by atoms with Crippen molar-refractivity contribution in [3.05, 3.63) is 34.6 Å². The van der Waals surface area contributed by atoms with Gasteiger partial charge in [0.25, 0.3) is 0 Å². The van der Waals surface area contributed by atoms with Gasteiger partial charge in [-0.3, -0.25) is 4.79 Å². The van der Waals surface area contributed by atoms with Crippen molar-refractivity contribution in [2.24, 2.45) is 13.0 Å². The number of likely N-dealkylation sites (tertiary alicyclic amines) is 1. The number of nitrogens with zero attached hydrogens (tertiary/aromatic N) is 3. The molecule has 3 rings (SSSR count). The normalized spacial score (nSPS) is 19.9. The molecule has 1 aromatic carbocycles. The van der Waals surface area contributed by atoms with Crippen LogP contribution < -0.4 is 4.90 Å². The van der Waals surface area contributed by atoms with Gasteiger partial charge >= 0.3 is 5.97 Å². The molecule has 0 amide bonds. The van der Waals surface area contributed by atoms with E-state index in [0.29, 0.717) is 18.0 Å². The molecule has 1 aliphatic heterocycles. The first-order valence-corrected chi connectivity index (χ1v) is 10.9. The first-order chi connectivity index (χ1) is 13.7. The number of hydrogen-bond donors (Lipinski definition) is 1. The number of carbonyl (C=O) groups is 1. The smallest absolute Gasteiger partial charge is 0.314 e. The lowest BCUT2D eigenvalue weighted by Gasteiger charge is -2.28. The van der Waals surface area contributed by atoms with Gasteiger partial charge in [-0.15, -0.1) is 5.10 Å². The number of aromatic nitrogens is 3. The van der Waals surface area contributed by atoms with Crippen molar-refractivity contribution < 1.29 is 14.4 Å². The molecule has 158 valence electrons. The molecule has 2 atom stereocenters. The molecule has 1 aromatic heterocycles. The van der Waals surface area contributed by atoms with Gasteiger partial charge in [-0.2, -0.15) is 4.68 Å². The molecule has 2 heterocycles. The number of carbonyl (C=O) groups excluding carboxylic acids is 1. The summed E-state index contributed by atoms with van der Waals surface area (Å²) in [7, 11) is 1.96. The lowest BCUT2D eigenvalue weighted by atomic mass is 9.87. The topological polar surface area (TPSA) is 53.5 Å². The van der Waals surface area contributed by atoms with E-state index in [1.54, 1.807) is 0 Å². The van der Waals surface area contributed by atoms with E-state index in [0.717, 1.165) is 37.3 Å². The summed E-state index contributed by atoms with van der Waals surface area (Å²) in [5, 5.41) is 4.81. The van der Waals surface area contributed by atoms with Gasteiger partial charge in [0, 0.05) is 12.6 Å². The summed E-state index contributed by atoms with van der Waals surface area (Å²) in [5.74, 6) is 0.767. The molecule has 0 saturated carbocycles. The third-order valence-corrected chi connectivity index (χ3v) is 6.15. The molecular formula is C22H33N4O2S+. The van der Waals surface area contributed by atoms with Gasteiger partial charge < -0.3 is 14.2 Å². The Kier molecular flexibility index (Phi) is 6.58. The van der Waals surface area contributed by atoms with Crippen LogP contribution in [0.15, 0.2) is 24.3 Å². The van der Waals surface area contributed by atoms with Gasteiger partial charge in [0.1, 0.15) is 5.92 Å². The van der Waals surface area contributed by atoms with Crippen LogP contribution in [0.25, 0.3) is 11.4 Å². The number of nitrogens with one attached hydrogen (secondary N) is 1. The Hall–Kier alpha value is -1.99. The predicted octanol–water partition coefficient (Wildman–Crippen LogP) is 2.73. The molecule has 0 aliphatic carbocycles. The standard InChI is InChI=1S/C22H32N4O2S/c1-6-28-20(27)17-8-7-13-25(14-17)15-26-21(29)24(5)19(23-26)16-9-11-18(12-10-16)22(2,3)4/h9-12,17H,6-8,13-15H2,1-5H3/p+1/t17-/m1/s1. The van der Waals surface area contributed by atoms with Crippen LogP contribution in [0.3, 0.4) is 0 Å². The van der Waals surface area contributed by atoms with E-state index in [4.69, 9.17) is 22.1 Å². The van der Waals surface area contributed by atoms with E-state index in [9.17, 15) is 4.79 Å². The first-order valence-electron chi connectivity index (χ1n) is 10.5. The largest absolute Gasteiger partial charge is 0.466 e. The Bertz CT molecular complexity index is 908. The maximum atomic E-state index is 12.1. The van der Waals surface area contributed by atoms with Gasteiger partial charge in [-0.25, -0.2) is 0 Å². The highest BCUT2D eigenvalue weighted by molar-refractivity contribution is 7.71. The average Bonchev–Trinajstić information content (AvgIpc) is 2.96. The van der Waals surface area contributed by atoms with Crippen LogP contribution in [0.5, 0.6) is 0 Å². The maximum Gasteiger partial charge on any atom is 0.314 e. The van der Waals surface area contributed by atoms with Crippen LogP contribution in [0.1, 0.15) is 46.1 Å². The summed E-state index contributed by atoms with van der Waals surface area (Å²) in [4.78, 5) is 13.4.